The van der Waals surface area contributed by atoms with Crippen LogP contribution in [0.2, 0.25) is 0 Å². The molecule has 0 aromatic carbocycles. The second kappa shape index (κ2) is 7.76. The summed E-state index contributed by atoms with van der Waals surface area (Å²) >= 11 is 1.12. The van der Waals surface area contributed by atoms with E-state index in [-0.39, 0.29) is 16.0 Å². The summed E-state index contributed by atoms with van der Waals surface area (Å²) in [6.07, 6.45) is 2.13. The second-order valence-corrected chi connectivity index (χ2v) is 8.28. The third-order valence-corrected chi connectivity index (χ3v) is 6.08. The van der Waals surface area contributed by atoms with Gasteiger partial charge >= 0.3 is 0 Å². The van der Waals surface area contributed by atoms with Crippen molar-refractivity contribution in [1.29, 1.82) is 0 Å². The molecule has 0 fully saturated rings. The van der Waals surface area contributed by atoms with Crippen molar-refractivity contribution in [3.05, 3.63) is 41.7 Å². The highest BCUT2D eigenvalue weighted by atomic mass is 32.2. The SMILES string of the molecule is CC(C)[C@@H](NS(=O)(=O)c1cccs1)C(=O)NCCc1ccco1. The number of carbonyl (C=O) groups excluding carboxylic acids is 1. The van der Waals surface area contributed by atoms with Crippen molar-refractivity contribution >= 4 is 27.3 Å². The molecule has 6 nitrogen and oxygen atoms in total. The molecule has 0 bridgehead atoms. The molecule has 1 amide bonds. The molecule has 2 N–H and O–H groups in total. The summed E-state index contributed by atoms with van der Waals surface area (Å²) < 4.78 is 32.4. The Bertz CT molecular complexity index is 707. The van der Waals surface area contributed by atoms with E-state index in [9.17, 15) is 13.2 Å². The van der Waals surface area contributed by atoms with Crippen molar-refractivity contribution in [3.63, 3.8) is 0 Å². The van der Waals surface area contributed by atoms with Gasteiger partial charge in [0.25, 0.3) is 10.0 Å². The Morgan fingerprint density at radius 2 is 2.09 bits per heavy atom. The minimum atomic E-state index is -3.69. The monoisotopic (exact) mass is 356 g/mol. The smallest absolute Gasteiger partial charge is 0.250 e. The lowest BCUT2D eigenvalue weighted by atomic mass is 10.1. The highest BCUT2D eigenvalue weighted by Crippen LogP contribution is 2.17. The maximum absolute atomic E-state index is 12.3. The van der Waals surface area contributed by atoms with E-state index in [1.807, 2.05) is 6.07 Å². The molecule has 2 aromatic rings. The molecule has 0 spiro atoms. The number of thiophene rings is 1. The molecule has 2 heterocycles. The molecular weight excluding hydrogens is 336 g/mol. The molecule has 2 aromatic heterocycles. The zero-order valence-corrected chi connectivity index (χ0v) is 14.6. The Kier molecular flexibility index (Phi) is 5.97. The molecule has 0 aliphatic rings. The lowest BCUT2D eigenvalue weighted by Gasteiger charge is -2.21. The van der Waals surface area contributed by atoms with E-state index in [0.29, 0.717) is 13.0 Å². The first-order chi connectivity index (χ1) is 10.9. The number of hydrogen-bond acceptors (Lipinski definition) is 5. The molecule has 0 saturated heterocycles. The molecule has 0 aliphatic carbocycles. The second-order valence-electron chi connectivity index (χ2n) is 5.40. The van der Waals surface area contributed by atoms with Crippen molar-refractivity contribution in [2.24, 2.45) is 5.92 Å². The minimum absolute atomic E-state index is 0.173. The van der Waals surface area contributed by atoms with Gasteiger partial charge in [-0.15, -0.1) is 11.3 Å². The lowest BCUT2D eigenvalue weighted by molar-refractivity contribution is -0.123. The fraction of sp³-hybridized carbons (Fsp3) is 0.400. The van der Waals surface area contributed by atoms with Gasteiger partial charge in [0.2, 0.25) is 5.91 Å². The third kappa shape index (κ3) is 4.92. The van der Waals surface area contributed by atoms with E-state index >= 15 is 0 Å². The molecule has 0 radical (unpaired) electrons. The number of furan rings is 1. The third-order valence-electron chi connectivity index (χ3n) is 3.24. The van der Waals surface area contributed by atoms with Gasteiger partial charge < -0.3 is 9.73 Å². The van der Waals surface area contributed by atoms with Crippen LogP contribution in [0.5, 0.6) is 0 Å². The topological polar surface area (TPSA) is 88.4 Å². The van der Waals surface area contributed by atoms with E-state index in [2.05, 4.69) is 10.0 Å². The van der Waals surface area contributed by atoms with Crippen LogP contribution in [-0.2, 0) is 21.2 Å². The van der Waals surface area contributed by atoms with Gasteiger partial charge in [-0.1, -0.05) is 19.9 Å². The van der Waals surface area contributed by atoms with Crippen molar-refractivity contribution in [1.82, 2.24) is 10.0 Å². The van der Waals surface area contributed by atoms with Gasteiger partial charge in [0, 0.05) is 13.0 Å². The van der Waals surface area contributed by atoms with E-state index in [0.717, 1.165) is 17.1 Å². The Morgan fingerprint density at radius 1 is 1.30 bits per heavy atom. The molecule has 0 aliphatic heterocycles. The Morgan fingerprint density at radius 3 is 2.65 bits per heavy atom. The van der Waals surface area contributed by atoms with Gasteiger partial charge in [-0.05, 0) is 29.5 Å². The maximum atomic E-state index is 12.3. The van der Waals surface area contributed by atoms with Crippen LogP contribution >= 0.6 is 11.3 Å². The first kappa shape index (κ1) is 17.7. The summed E-state index contributed by atoms with van der Waals surface area (Å²) in [5, 5.41) is 4.43. The van der Waals surface area contributed by atoms with Gasteiger partial charge in [-0.3, -0.25) is 4.79 Å². The standard InChI is InChI=1S/C15H20N2O4S2/c1-11(2)14(17-23(19,20)13-6-4-10-22-13)15(18)16-8-7-12-5-3-9-21-12/h3-6,9-11,14,17H,7-8H2,1-2H3,(H,16,18)/t14-/m1/s1. The average Bonchev–Trinajstić information content (AvgIpc) is 3.17. The molecular formula is C15H20N2O4S2. The highest BCUT2D eigenvalue weighted by molar-refractivity contribution is 7.91. The normalized spacial score (nSPS) is 13.2. The van der Waals surface area contributed by atoms with Crippen LogP contribution in [-0.4, -0.2) is 26.9 Å². The van der Waals surface area contributed by atoms with Crippen molar-refractivity contribution in [2.45, 2.75) is 30.5 Å². The molecule has 2 rings (SSSR count). The number of sulfonamides is 1. The summed E-state index contributed by atoms with van der Waals surface area (Å²) in [7, 11) is -3.69. The Labute approximate surface area is 139 Å². The molecule has 23 heavy (non-hydrogen) atoms. The molecule has 0 saturated carbocycles. The quantitative estimate of drug-likeness (QED) is 0.757. The van der Waals surface area contributed by atoms with Crippen LogP contribution in [0.25, 0.3) is 0 Å². The minimum Gasteiger partial charge on any atom is -0.469 e. The van der Waals surface area contributed by atoms with Gasteiger partial charge in [-0.2, -0.15) is 4.72 Å². The Hall–Kier alpha value is -1.64. The first-order valence-corrected chi connectivity index (χ1v) is 9.62. The van der Waals surface area contributed by atoms with Crippen molar-refractivity contribution < 1.29 is 17.6 Å². The predicted octanol–water partition coefficient (Wildman–Crippen LogP) is 2.00. The fourth-order valence-corrected chi connectivity index (χ4v) is 4.36. The van der Waals surface area contributed by atoms with Crippen LogP contribution in [0, 0.1) is 5.92 Å². The molecule has 8 heteroatoms. The maximum Gasteiger partial charge on any atom is 0.250 e. The van der Waals surface area contributed by atoms with E-state index in [1.165, 1.54) is 6.07 Å². The van der Waals surface area contributed by atoms with Gasteiger partial charge in [0.15, 0.2) is 0 Å². The number of nitrogens with one attached hydrogen (secondary N) is 2. The van der Waals surface area contributed by atoms with Gasteiger partial charge in [0.05, 0.1) is 6.26 Å². The van der Waals surface area contributed by atoms with Gasteiger partial charge in [0.1, 0.15) is 16.0 Å². The fourth-order valence-electron chi connectivity index (χ4n) is 2.01. The number of rotatable bonds is 8. The van der Waals surface area contributed by atoms with Gasteiger partial charge in [-0.25, -0.2) is 8.42 Å². The van der Waals surface area contributed by atoms with Crippen LogP contribution < -0.4 is 10.0 Å². The molecule has 1 atom stereocenters. The van der Waals surface area contributed by atoms with E-state index in [1.54, 1.807) is 37.6 Å². The van der Waals surface area contributed by atoms with Crippen molar-refractivity contribution in [3.8, 4) is 0 Å². The lowest BCUT2D eigenvalue weighted by Crippen LogP contribution is -2.49. The predicted molar refractivity (Wildman–Crippen MR) is 88.7 cm³/mol. The zero-order chi connectivity index (χ0) is 16.9. The summed E-state index contributed by atoms with van der Waals surface area (Å²) in [6, 6.07) is 5.96. The van der Waals surface area contributed by atoms with Crippen LogP contribution in [0.3, 0.4) is 0 Å². The van der Waals surface area contributed by atoms with Crippen LogP contribution in [0.15, 0.2) is 44.5 Å². The molecule has 126 valence electrons. The first-order valence-electron chi connectivity index (χ1n) is 7.26. The Balaban J connectivity index is 1.96. The van der Waals surface area contributed by atoms with Crippen molar-refractivity contribution in [2.75, 3.05) is 6.54 Å². The largest absolute Gasteiger partial charge is 0.469 e. The highest BCUT2D eigenvalue weighted by Gasteiger charge is 2.28. The van der Waals surface area contributed by atoms with E-state index < -0.39 is 16.1 Å². The van der Waals surface area contributed by atoms with Crippen LogP contribution in [0.4, 0.5) is 0 Å². The summed E-state index contributed by atoms with van der Waals surface area (Å²) in [4.78, 5) is 12.3. The summed E-state index contributed by atoms with van der Waals surface area (Å²) in [6.45, 7) is 3.98. The zero-order valence-electron chi connectivity index (χ0n) is 13.0. The number of amides is 1. The van der Waals surface area contributed by atoms with E-state index in [4.69, 9.17) is 4.42 Å². The number of hydrogen-bond donors (Lipinski definition) is 2. The summed E-state index contributed by atoms with van der Waals surface area (Å²) in [5.41, 5.74) is 0. The number of carbonyl (C=O) groups is 1. The summed E-state index contributed by atoms with van der Waals surface area (Å²) in [5.74, 6) is 0.255. The molecule has 0 unspecified atom stereocenters. The van der Waals surface area contributed by atoms with Crippen LogP contribution in [0.1, 0.15) is 19.6 Å². The average molecular weight is 356 g/mol.